The van der Waals surface area contributed by atoms with Gasteiger partial charge in [0.15, 0.2) is 0 Å². The van der Waals surface area contributed by atoms with Crippen molar-refractivity contribution in [2.75, 3.05) is 11.1 Å². The fourth-order valence-corrected chi connectivity index (χ4v) is 1.52. The number of halogens is 1. The van der Waals surface area contributed by atoms with Crippen molar-refractivity contribution >= 4 is 31.5 Å². The first-order valence-corrected chi connectivity index (χ1v) is 5.48. The van der Waals surface area contributed by atoms with Crippen molar-refractivity contribution in [1.29, 1.82) is 0 Å². The van der Waals surface area contributed by atoms with E-state index in [1.54, 1.807) is 19.1 Å². The molecule has 1 aromatic heterocycles. The molecule has 0 aliphatic carbocycles. The quantitative estimate of drug-likeness (QED) is 0.647. The van der Waals surface area contributed by atoms with E-state index in [0.717, 1.165) is 0 Å². The van der Waals surface area contributed by atoms with Crippen LogP contribution in [0.15, 0.2) is 29.4 Å². The predicted octanol–water partition coefficient (Wildman–Crippen LogP) is 1.75. The zero-order valence-corrected chi connectivity index (χ0v) is 10.3. The van der Waals surface area contributed by atoms with E-state index in [1.807, 2.05) is 0 Å². The highest BCUT2D eigenvalue weighted by Crippen LogP contribution is 2.21. The van der Waals surface area contributed by atoms with Crippen molar-refractivity contribution in [3.63, 3.8) is 0 Å². The summed E-state index contributed by atoms with van der Waals surface area (Å²) in [6.45, 7) is 1.69. The first-order chi connectivity index (χ1) is 9.11. The van der Waals surface area contributed by atoms with Crippen molar-refractivity contribution < 1.29 is 4.39 Å². The Kier molecular flexibility index (Phi) is 3.75. The molecule has 0 bridgehead atoms. The molecule has 0 saturated carbocycles. The highest BCUT2D eigenvalue weighted by Gasteiger charge is 2.08. The molecular formula is C12H11BFN5. The second kappa shape index (κ2) is 5.47. The number of rotatable bonds is 3. The minimum atomic E-state index is -0.305. The van der Waals surface area contributed by atoms with Gasteiger partial charge in [0.1, 0.15) is 23.8 Å². The van der Waals surface area contributed by atoms with Crippen molar-refractivity contribution in [2.45, 2.75) is 6.92 Å². The Labute approximate surface area is 111 Å². The summed E-state index contributed by atoms with van der Waals surface area (Å²) in [6.07, 6.45) is 2.64. The maximum atomic E-state index is 13.5. The number of nitrogen functional groups attached to an aromatic ring is 1. The molecule has 0 saturated heterocycles. The Bertz CT molecular complexity index is 630. The number of nitrogens with zero attached hydrogens (tertiary/aromatic N) is 3. The molecule has 7 heteroatoms. The van der Waals surface area contributed by atoms with E-state index >= 15 is 0 Å². The van der Waals surface area contributed by atoms with E-state index in [1.165, 1.54) is 18.6 Å². The first kappa shape index (κ1) is 13.0. The van der Waals surface area contributed by atoms with E-state index in [0.29, 0.717) is 22.6 Å². The lowest BCUT2D eigenvalue weighted by atomic mass is 10.2. The molecule has 0 spiro atoms. The van der Waals surface area contributed by atoms with Crippen LogP contribution in [0.1, 0.15) is 11.1 Å². The predicted molar refractivity (Wildman–Crippen MR) is 74.2 cm³/mol. The Morgan fingerprint density at radius 3 is 2.89 bits per heavy atom. The molecule has 0 aliphatic rings. The number of nitrogens with one attached hydrogen (secondary N) is 1. The number of hydrogen-bond donors (Lipinski definition) is 2. The lowest BCUT2D eigenvalue weighted by molar-refractivity contribution is 0.619. The van der Waals surface area contributed by atoms with Gasteiger partial charge in [-0.1, -0.05) is 6.07 Å². The largest absolute Gasteiger partial charge is 0.383 e. The van der Waals surface area contributed by atoms with Gasteiger partial charge in [-0.05, 0) is 24.6 Å². The molecule has 0 fully saturated rings. The second-order valence-electron chi connectivity index (χ2n) is 3.89. The lowest BCUT2D eigenvalue weighted by Crippen LogP contribution is -2.05. The molecule has 2 aromatic rings. The number of hydrogen-bond acceptors (Lipinski definition) is 5. The molecule has 19 heavy (non-hydrogen) atoms. The molecule has 2 radical (unpaired) electrons. The van der Waals surface area contributed by atoms with Crippen LogP contribution in [-0.2, 0) is 0 Å². The minimum absolute atomic E-state index is 0.235. The Morgan fingerprint density at radius 1 is 1.42 bits per heavy atom. The highest BCUT2D eigenvalue weighted by atomic mass is 19.1. The van der Waals surface area contributed by atoms with Crippen LogP contribution in [0.5, 0.6) is 0 Å². The van der Waals surface area contributed by atoms with Gasteiger partial charge in [0, 0.05) is 11.9 Å². The third-order valence-corrected chi connectivity index (χ3v) is 2.55. The molecule has 0 unspecified atom stereocenters. The number of benzene rings is 1. The van der Waals surface area contributed by atoms with Crippen LogP contribution in [0.25, 0.3) is 0 Å². The zero-order chi connectivity index (χ0) is 13.8. The third-order valence-electron chi connectivity index (χ3n) is 2.55. The fourth-order valence-electron chi connectivity index (χ4n) is 1.52. The van der Waals surface area contributed by atoms with Gasteiger partial charge in [-0.3, -0.25) is 0 Å². The molecule has 0 aliphatic heterocycles. The van der Waals surface area contributed by atoms with Gasteiger partial charge in [0.05, 0.1) is 5.56 Å². The Balaban J connectivity index is 2.37. The molecule has 0 amide bonds. The van der Waals surface area contributed by atoms with E-state index in [2.05, 4.69) is 20.2 Å². The summed E-state index contributed by atoms with van der Waals surface area (Å²) in [7, 11) is 5.11. The van der Waals surface area contributed by atoms with Gasteiger partial charge in [-0.25, -0.2) is 14.4 Å². The Morgan fingerprint density at radius 2 is 2.21 bits per heavy atom. The topological polar surface area (TPSA) is 76.2 Å². The molecule has 3 N–H and O–H groups in total. The highest BCUT2D eigenvalue weighted by molar-refractivity contribution is 6.12. The van der Waals surface area contributed by atoms with Crippen LogP contribution in [0.2, 0.25) is 0 Å². The number of aryl methyl sites for hydroxylation is 1. The normalized spacial score (nSPS) is 10.8. The fraction of sp³-hybridized carbons (Fsp3) is 0.0833. The van der Waals surface area contributed by atoms with Crippen molar-refractivity contribution in [3.05, 3.63) is 41.5 Å². The van der Waals surface area contributed by atoms with Crippen LogP contribution in [0.3, 0.4) is 0 Å². The molecule has 5 nitrogen and oxygen atoms in total. The van der Waals surface area contributed by atoms with Crippen LogP contribution in [0.4, 0.5) is 21.7 Å². The molecule has 94 valence electrons. The van der Waals surface area contributed by atoms with Crippen molar-refractivity contribution in [3.8, 4) is 0 Å². The zero-order valence-electron chi connectivity index (χ0n) is 10.3. The summed E-state index contributed by atoms with van der Waals surface area (Å²) >= 11 is 0. The third kappa shape index (κ3) is 2.87. The number of nitrogens with two attached hydrogens (primary N) is 1. The average Bonchev–Trinajstić information content (AvgIpc) is 2.38. The summed E-state index contributed by atoms with van der Waals surface area (Å²) < 4.78 is 13.5. The van der Waals surface area contributed by atoms with Crippen molar-refractivity contribution in [1.82, 2.24) is 9.97 Å². The monoisotopic (exact) mass is 255 g/mol. The second-order valence-corrected chi connectivity index (χ2v) is 3.89. The van der Waals surface area contributed by atoms with Crippen LogP contribution >= 0.6 is 0 Å². The van der Waals surface area contributed by atoms with Crippen LogP contribution < -0.4 is 11.1 Å². The molecule has 2 rings (SSSR count). The minimum Gasteiger partial charge on any atom is -0.383 e. The van der Waals surface area contributed by atoms with Gasteiger partial charge in [-0.2, -0.15) is 0 Å². The maximum absolute atomic E-state index is 13.5. The first-order valence-electron chi connectivity index (χ1n) is 5.48. The summed E-state index contributed by atoms with van der Waals surface area (Å²) in [4.78, 5) is 11.3. The standard InChI is InChI=1S/C12H11BFN5/c1-7-2-3-8(4-10(7)14)19-12-9(5-18-13)11(15)16-6-17-12/h2-6H,1H3,(H3,15,16,17,19). The SMILES string of the molecule is [B]N=Cc1c(N)ncnc1Nc1ccc(C)c(F)c1. The van der Waals surface area contributed by atoms with Gasteiger partial charge in [0.2, 0.25) is 0 Å². The van der Waals surface area contributed by atoms with Crippen LogP contribution in [0, 0.1) is 12.7 Å². The summed E-state index contributed by atoms with van der Waals surface area (Å²) in [5, 5.41) is 2.95. The molecule has 1 aromatic carbocycles. The van der Waals surface area contributed by atoms with Crippen molar-refractivity contribution in [2.24, 2.45) is 4.90 Å². The molecule has 0 atom stereocenters. The van der Waals surface area contributed by atoms with E-state index in [9.17, 15) is 4.39 Å². The molecular weight excluding hydrogens is 244 g/mol. The number of aromatic nitrogens is 2. The van der Waals surface area contributed by atoms with E-state index in [4.69, 9.17) is 13.7 Å². The number of anilines is 3. The van der Waals surface area contributed by atoms with Gasteiger partial charge in [0.25, 0.3) is 7.98 Å². The Hall–Kier alpha value is -2.44. The molecule has 1 heterocycles. The van der Waals surface area contributed by atoms with Gasteiger partial charge < -0.3 is 16.0 Å². The van der Waals surface area contributed by atoms with Crippen LogP contribution in [-0.4, -0.2) is 24.2 Å². The lowest BCUT2D eigenvalue weighted by Gasteiger charge is -2.10. The maximum Gasteiger partial charge on any atom is 0.259 e. The summed E-state index contributed by atoms with van der Waals surface area (Å²) in [5.41, 5.74) is 7.27. The van der Waals surface area contributed by atoms with Gasteiger partial charge in [-0.15, -0.1) is 0 Å². The van der Waals surface area contributed by atoms with Gasteiger partial charge >= 0.3 is 0 Å². The van der Waals surface area contributed by atoms with E-state index < -0.39 is 0 Å². The average molecular weight is 255 g/mol. The van der Waals surface area contributed by atoms with E-state index in [-0.39, 0.29) is 11.6 Å². The summed E-state index contributed by atoms with van der Waals surface area (Å²) in [6, 6.07) is 4.77. The smallest absolute Gasteiger partial charge is 0.259 e. The summed E-state index contributed by atoms with van der Waals surface area (Å²) in [5.74, 6) is 0.338.